The van der Waals surface area contributed by atoms with Gasteiger partial charge < -0.3 is 11.5 Å². The summed E-state index contributed by atoms with van der Waals surface area (Å²) < 4.78 is 34.0. The molecule has 4 N–H and O–H groups in total. The molecule has 0 fully saturated rings. The van der Waals surface area contributed by atoms with Gasteiger partial charge in [0.05, 0.1) is 11.4 Å². The quantitative estimate of drug-likeness (QED) is 0.329. The van der Waals surface area contributed by atoms with Crippen LogP contribution in [0.25, 0.3) is 0 Å². The number of halogens is 3. The molecule has 0 aromatic carbocycles. The van der Waals surface area contributed by atoms with Crippen LogP contribution in [0.3, 0.4) is 0 Å². The first kappa shape index (κ1) is 23.6. The smallest absolute Gasteiger partial charge is 0.396 e. The molecule has 0 amide bonds. The second kappa shape index (κ2) is 11.9. The second-order valence-corrected chi connectivity index (χ2v) is 4.62. The number of nitrogens with two attached hydrogens (primary N) is 2. The Balaban J connectivity index is 0. The van der Waals surface area contributed by atoms with Crippen molar-refractivity contribution in [3.8, 4) is 0 Å². The molecule has 0 aliphatic carbocycles. The van der Waals surface area contributed by atoms with Crippen LogP contribution in [-0.4, -0.2) is 9.97 Å². The third kappa shape index (κ3) is 14.3. The van der Waals surface area contributed by atoms with Crippen LogP contribution < -0.4 is 30.1 Å². The molecule has 126 valence electrons. The molecule has 0 radical (unpaired) electrons. The van der Waals surface area contributed by atoms with Gasteiger partial charge in [0.2, 0.25) is 0 Å². The Kier molecular flexibility index (Phi) is 12.7. The number of nitrogens with zero attached hydrogens (tertiary/aromatic N) is 2. The van der Waals surface area contributed by atoms with E-state index in [9.17, 15) is 0 Å². The van der Waals surface area contributed by atoms with Gasteiger partial charge in [-0.15, -0.1) is 10.2 Å². The fourth-order valence-electron chi connectivity index (χ4n) is 0.797. The summed E-state index contributed by atoms with van der Waals surface area (Å²) >= 11 is 10.9. The Labute approximate surface area is 153 Å². The van der Waals surface area contributed by atoms with Crippen molar-refractivity contribution in [2.45, 2.75) is 0 Å². The molecule has 2 heterocycles. The molecule has 0 atom stereocenters. The van der Waals surface area contributed by atoms with E-state index in [1.165, 1.54) is 0 Å². The molecule has 22 heavy (non-hydrogen) atoms. The first-order valence-corrected chi connectivity index (χ1v) is 6.94. The van der Waals surface area contributed by atoms with Crippen LogP contribution in [0.15, 0.2) is 36.7 Å². The van der Waals surface area contributed by atoms with E-state index >= 15 is 0 Å². The zero-order valence-corrected chi connectivity index (χ0v) is 14.3. The van der Waals surface area contributed by atoms with E-state index in [1.807, 2.05) is 0 Å². The SMILES string of the molecule is Nc1cccnc1Cl.Nc1cccnc1Cl.[Ag+].[O-][Cl+3]([O-])([O-])[O-]. The molecule has 0 bridgehead atoms. The fraction of sp³-hybridized carbons (Fsp3) is 0. The van der Waals surface area contributed by atoms with Gasteiger partial charge in [-0.1, -0.05) is 23.2 Å². The first-order chi connectivity index (χ1) is 9.61. The normalized spacial score (nSPS) is 9.36. The van der Waals surface area contributed by atoms with Gasteiger partial charge >= 0.3 is 22.4 Å². The molecule has 12 heteroatoms. The van der Waals surface area contributed by atoms with Crippen molar-refractivity contribution in [3.63, 3.8) is 0 Å². The van der Waals surface area contributed by atoms with E-state index in [2.05, 4.69) is 9.97 Å². The van der Waals surface area contributed by atoms with Gasteiger partial charge in [-0.3, -0.25) is 0 Å². The summed E-state index contributed by atoms with van der Waals surface area (Å²) in [6, 6.07) is 6.88. The van der Waals surface area contributed by atoms with E-state index in [0.29, 0.717) is 21.7 Å². The second-order valence-electron chi connectivity index (χ2n) is 3.14. The Morgan fingerprint density at radius 2 is 1.09 bits per heavy atom. The number of rotatable bonds is 0. The summed E-state index contributed by atoms with van der Waals surface area (Å²) in [6.45, 7) is 0. The Bertz CT molecular complexity index is 468. The minimum Gasteiger partial charge on any atom is -0.396 e. The van der Waals surface area contributed by atoms with Gasteiger partial charge in [-0.2, -0.15) is 0 Å². The molecule has 0 saturated heterocycles. The van der Waals surface area contributed by atoms with Crippen LogP contribution in [0, 0.1) is 10.2 Å². The van der Waals surface area contributed by atoms with E-state index in [4.69, 9.17) is 53.3 Å². The van der Waals surface area contributed by atoms with Crippen LogP contribution in [0.5, 0.6) is 0 Å². The van der Waals surface area contributed by atoms with Crippen molar-refractivity contribution < 1.29 is 51.3 Å². The van der Waals surface area contributed by atoms with Crippen LogP contribution in [0.1, 0.15) is 0 Å². The van der Waals surface area contributed by atoms with Crippen LogP contribution in [0.4, 0.5) is 11.4 Å². The van der Waals surface area contributed by atoms with E-state index in [0.717, 1.165) is 0 Å². The zero-order valence-electron chi connectivity index (χ0n) is 10.6. The summed E-state index contributed by atoms with van der Waals surface area (Å²) in [5.74, 6) is 0. The molecule has 0 unspecified atom stereocenters. The van der Waals surface area contributed by atoms with Gasteiger partial charge in [0.1, 0.15) is 0 Å². The molecule has 2 aromatic heterocycles. The molecular weight excluding hydrogens is 454 g/mol. The maximum Gasteiger partial charge on any atom is 1.00 e. The third-order valence-electron chi connectivity index (χ3n) is 1.58. The Morgan fingerprint density at radius 3 is 1.23 bits per heavy atom. The predicted molar refractivity (Wildman–Crippen MR) is 67.3 cm³/mol. The number of hydrogen-bond donors (Lipinski definition) is 2. The summed E-state index contributed by atoms with van der Waals surface area (Å²) in [4.78, 5) is 7.44. The molecule has 0 aliphatic rings. The maximum absolute atomic E-state index is 8.49. The van der Waals surface area contributed by atoms with Gasteiger partial charge in [-0.05, 0) is 24.3 Å². The van der Waals surface area contributed by atoms with Crippen molar-refractivity contribution in [3.05, 3.63) is 47.0 Å². The first-order valence-electron chi connectivity index (χ1n) is 4.95. The number of nitrogen functional groups attached to an aromatic ring is 2. The van der Waals surface area contributed by atoms with E-state index in [-0.39, 0.29) is 22.4 Å². The average molecular weight is 464 g/mol. The summed E-state index contributed by atoms with van der Waals surface area (Å²) in [6.07, 6.45) is 3.19. The third-order valence-corrected chi connectivity index (χ3v) is 2.21. The standard InChI is InChI=1S/2C5H5ClN2.Ag.ClHO4/c2*6-5-4(7)2-1-3-8-5;;2-1(3,4)5/h2*1-3H,7H2;;(H,2,3,4,5)/q;;+1;/p-1. The van der Waals surface area contributed by atoms with Crippen molar-refractivity contribution in [1.29, 1.82) is 0 Å². The number of anilines is 2. The molecule has 2 aromatic rings. The molecule has 2 rings (SSSR count). The minimum absolute atomic E-state index is 0. The molecule has 0 saturated carbocycles. The number of hydrogen-bond acceptors (Lipinski definition) is 8. The molecular formula is C10H10AgCl3N4O4. The van der Waals surface area contributed by atoms with Gasteiger partial charge in [0.15, 0.2) is 10.3 Å². The molecule has 8 nitrogen and oxygen atoms in total. The zero-order chi connectivity index (χ0) is 16.5. The van der Waals surface area contributed by atoms with E-state index in [1.54, 1.807) is 36.7 Å². The van der Waals surface area contributed by atoms with Crippen molar-refractivity contribution in [2.24, 2.45) is 0 Å². The largest absolute Gasteiger partial charge is 1.00 e. The fourth-order valence-corrected chi connectivity index (χ4v) is 1.04. The Hall–Kier alpha value is -0.650. The Morgan fingerprint density at radius 1 is 0.818 bits per heavy atom. The van der Waals surface area contributed by atoms with Gasteiger partial charge in [0.25, 0.3) is 0 Å². The number of pyridine rings is 2. The van der Waals surface area contributed by atoms with Crippen LogP contribution in [0.2, 0.25) is 10.3 Å². The van der Waals surface area contributed by atoms with Crippen molar-refractivity contribution in [2.75, 3.05) is 11.5 Å². The number of aromatic nitrogens is 2. The molecule has 0 aliphatic heterocycles. The van der Waals surface area contributed by atoms with Crippen LogP contribution in [-0.2, 0) is 22.4 Å². The van der Waals surface area contributed by atoms with Crippen molar-refractivity contribution >= 4 is 34.6 Å². The topological polar surface area (TPSA) is 170 Å². The van der Waals surface area contributed by atoms with Gasteiger partial charge in [-0.25, -0.2) is 28.6 Å². The summed E-state index contributed by atoms with van der Waals surface area (Å²) in [5, 5.41) is 0.736. The minimum atomic E-state index is -4.94. The monoisotopic (exact) mass is 462 g/mol. The van der Waals surface area contributed by atoms with Crippen molar-refractivity contribution in [1.82, 2.24) is 9.97 Å². The summed E-state index contributed by atoms with van der Waals surface area (Å²) in [5.41, 5.74) is 11.7. The maximum atomic E-state index is 8.49. The van der Waals surface area contributed by atoms with Gasteiger partial charge in [0, 0.05) is 12.4 Å². The predicted octanol–water partition coefficient (Wildman–Crippen LogP) is -2.12. The summed E-state index contributed by atoms with van der Waals surface area (Å²) in [7, 11) is -4.94. The van der Waals surface area contributed by atoms with Crippen LogP contribution >= 0.6 is 23.2 Å². The molecule has 0 spiro atoms. The average Bonchev–Trinajstić information content (AvgIpc) is 2.35. The van der Waals surface area contributed by atoms with E-state index < -0.39 is 10.2 Å².